The summed E-state index contributed by atoms with van der Waals surface area (Å²) in [5, 5.41) is 3.18. The molecule has 0 aliphatic heterocycles. The molecule has 0 aromatic heterocycles. The number of likely N-dealkylation sites (N-methyl/N-ethyl adjacent to an activating group) is 1. The van der Waals surface area contributed by atoms with Crippen LogP contribution in [0.25, 0.3) is 0 Å². The van der Waals surface area contributed by atoms with E-state index in [2.05, 4.69) is 5.32 Å². The van der Waals surface area contributed by atoms with Gasteiger partial charge in [0.25, 0.3) is 0 Å². The molecule has 1 atom stereocenters. The minimum atomic E-state index is -3.66. The molecule has 0 aliphatic rings. The lowest BCUT2D eigenvalue weighted by Crippen LogP contribution is -2.49. The van der Waals surface area contributed by atoms with E-state index in [1.165, 1.54) is 16.3 Å². The summed E-state index contributed by atoms with van der Waals surface area (Å²) in [6, 6.07) is 22.8. The number of rotatable bonds is 14. The fourth-order valence-electron chi connectivity index (χ4n) is 4.45. The lowest BCUT2D eigenvalue weighted by atomic mass is 10.0. The van der Waals surface area contributed by atoms with Gasteiger partial charge in [0.05, 0.1) is 18.6 Å². The summed E-state index contributed by atoms with van der Waals surface area (Å²) in [5.74, 6) is -0.131. The molecule has 0 radical (unpaired) electrons. The molecule has 2 amide bonds. The van der Waals surface area contributed by atoms with Gasteiger partial charge in [0.2, 0.25) is 21.8 Å². The summed E-state index contributed by atoms with van der Waals surface area (Å²) >= 11 is 6.43. The van der Waals surface area contributed by atoms with Crippen molar-refractivity contribution in [3.05, 3.63) is 95.0 Å². The number of benzene rings is 3. The van der Waals surface area contributed by atoms with E-state index in [1.807, 2.05) is 49.4 Å². The molecule has 8 nitrogen and oxygen atoms in total. The molecule has 0 aliphatic carbocycles. The van der Waals surface area contributed by atoms with Gasteiger partial charge in [-0.3, -0.25) is 13.9 Å². The van der Waals surface area contributed by atoms with Gasteiger partial charge < -0.3 is 15.0 Å². The first-order valence-electron chi connectivity index (χ1n) is 13.1. The van der Waals surface area contributed by atoms with Crippen molar-refractivity contribution in [2.45, 2.75) is 38.8 Å². The van der Waals surface area contributed by atoms with Crippen molar-refractivity contribution in [1.82, 2.24) is 10.2 Å². The lowest BCUT2D eigenvalue weighted by Gasteiger charge is -2.32. The van der Waals surface area contributed by atoms with Crippen molar-refractivity contribution in [1.29, 1.82) is 0 Å². The van der Waals surface area contributed by atoms with Crippen LogP contribution in [0, 0.1) is 0 Å². The Morgan fingerprint density at radius 1 is 0.975 bits per heavy atom. The second-order valence-corrected chi connectivity index (χ2v) is 11.6. The lowest BCUT2D eigenvalue weighted by molar-refractivity contribution is -0.141. The second-order valence-electron chi connectivity index (χ2n) is 9.27. The highest BCUT2D eigenvalue weighted by Gasteiger charge is 2.30. The highest BCUT2D eigenvalue weighted by molar-refractivity contribution is 7.92. The number of nitrogens with one attached hydrogen (secondary N) is 1. The summed E-state index contributed by atoms with van der Waals surface area (Å²) in [5.41, 5.74) is 2.03. The van der Waals surface area contributed by atoms with Crippen molar-refractivity contribution < 1.29 is 22.7 Å². The van der Waals surface area contributed by atoms with E-state index < -0.39 is 16.1 Å². The zero-order valence-corrected chi connectivity index (χ0v) is 24.6. The van der Waals surface area contributed by atoms with Crippen LogP contribution in [0.1, 0.15) is 30.9 Å². The first-order chi connectivity index (χ1) is 19.2. The van der Waals surface area contributed by atoms with Crippen LogP contribution in [0.15, 0.2) is 78.9 Å². The van der Waals surface area contributed by atoms with Gasteiger partial charge in [-0.05, 0) is 42.7 Å². The summed E-state index contributed by atoms with van der Waals surface area (Å²) in [7, 11) is -2.12. The fourth-order valence-corrected chi connectivity index (χ4v) is 5.62. The smallest absolute Gasteiger partial charge is 0.242 e. The summed E-state index contributed by atoms with van der Waals surface area (Å²) in [4.78, 5) is 28.4. The Kier molecular flexibility index (Phi) is 11.4. The topological polar surface area (TPSA) is 96.0 Å². The number of hydrogen-bond acceptors (Lipinski definition) is 5. The molecule has 3 aromatic carbocycles. The van der Waals surface area contributed by atoms with Crippen molar-refractivity contribution in [3.8, 4) is 5.75 Å². The third-order valence-corrected chi connectivity index (χ3v) is 7.95. The van der Waals surface area contributed by atoms with Crippen LogP contribution in [-0.4, -0.2) is 57.6 Å². The standard InChI is InChI=1S/C30H36ClN3O5S/c1-4-39-28-18-11-10-17-26(28)34(40(3,37)38)20-12-19-29(35)33(22-24-15-8-9-16-25(24)31)27(30(36)32-2)21-23-13-6-5-7-14-23/h5-11,13-18,27H,4,12,19-22H2,1-3H3,(H,32,36). The molecule has 3 rings (SSSR count). The number of ether oxygens (including phenoxy) is 1. The first-order valence-corrected chi connectivity index (χ1v) is 15.4. The molecule has 0 saturated heterocycles. The number of carbonyl (C=O) groups excluding carboxylic acids is 2. The maximum absolute atomic E-state index is 13.8. The Morgan fingerprint density at radius 2 is 1.62 bits per heavy atom. The van der Waals surface area contributed by atoms with E-state index in [0.29, 0.717) is 35.1 Å². The fraction of sp³-hybridized carbons (Fsp3) is 0.333. The van der Waals surface area contributed by atoms with Crippen LogP contribution in [0.5, 0.6) is 5.75 Å². The van der Waals surface area contributed by atoms with Gasteiger partial charge in [0.1, 0.15) is 11.8 Å². The van der Waals surface area contributed by atoms with Crippen molar-refractivity contribution in [2.24, 2.45) is 0 Å². The van der Waals surface area contributed by atoms with Crippen LogP contribution in [-0.2, 0) is 32.6 Å². The van der Waals surface area contributed by atoms with Crippen LogP contribution in [0.3, 0.4) is 0 Å². The Morgan fingerprint density at radius 3 is 2.27 bits per heavy atom. The molecule has 3 aromatic rings. The van der Waals surface area contributed by atoms with E-state index in [-0.39, 0.29) is 37.7 Å². The van der Waals surface area contributed by atoms with Crippen LogP contribution in [0.4, 0.5) is 5.69 Å². The Labute approximate surface area is 241 Å². The number of halogens is 1. The van der Waals surface area contributed by atoms with Gasteiger partial charge in [0.15, 0.2) is 0 Å². The summed E-state index contributed by atoms with van der Waals surface area (Å²) in [6.07, 6.45) is 1.70. The highest BCUT2D eigenvalue weighted by Crippen LogP contribution is 2.30. The average molecular weight is 586 g/mol. The third-order valence-electron chi connectivity index (χ3n) is 6.40. The molecule has 0 fully saturated rings. The Balaban J connectivity index is 1.87. The number of para-hydroxylation sites is 2. The summed E-state index contributed by atoms with van der Waals surface area (Å²) < 4.78 is 32.3. The Hall–Kier alpha value is -3.56. The van der Waals surface area contributed by atoms with Crippen molar-refractivity contribution in [2.75, 3.05) is 30.8 Å². The number of hydrogen-bond donors (Lipinski definition) is 1. The molecular weight excluding hydrogens is 550 g/mol. The average Bonchev–Trinajstić information content (AvgIpc) is 2.94. The van der Waals surface area contributed by atoms with Gasteiger partial charge in [-0.25, -0.2) is 8.42 Å². The van der Waals surface area contributed by atoms with E-state index in [4.69, 9.17) is 16.3 Å². The van der Waals surface area contributed by atoms with Gasteiger partial charge in [-0.1, -0.05) is 72.3 Å². The highest BCUT2D eigenvalue weighted by atomic mass is 35.5. The molecule has 10 heteroatoms. The quantitative estimate of drug-likeness (QED) is 0.297. The zero-order valence-electron chi connectivity index (χ0n) is 23.0. The number of carbonyl (C=O) groups is 2. The van der Waals surface area contributed by atoms with Crippen molar-refractivity contribution in [3.63, 3.8) is 0 Å². The van der Waals surface area contributed by atoms with Gasteiger partial charge in [-0.15, -0.1) is 0 Å². The van der Waals surface area contributed by atoms with Gasteiger partial charge >= 0.3 is 0 Å². The van der Waals surface area contributed by atoms with Crippen LogP contribution < -0.4 is 14.4 Å². The zero-order chi connectivity index (χ0) is 29.1. The molecular formula is C30H36ClN3O5S. The SMILES string of the molecule is CCOc1ccccc1N(CCCC(=O)N(Cc1ccccc1Cl)C(Cc1ccccc1)C(=O)NC)S(C)(=O)=O. The van der Waals surface area contributed by atoms with E-state index in [9.17, 15) is 18.0 Å². The molecule has 0 saturated carbocycles. The molecule has 0 spiro atoms. The van der Waals surface area contributed by atoms with Crippen LogP contribution >= 0.6 is 11.6 Å². The van der Waals surface area contributed by atoms with Crippen LogP contribution in [0.2, 0.25) is 5.02 Å². The summed E-state index contributed by atoms with van der Waals surface area (Å²) in [6.45, 7) is 2.41. The first kappa shape index (κ1) is 31.0. The van der Waals surface area contributed by atoms with Gasteiger partial charge in [0, 0.05) is 38.0 Å². The predicted octanol–water partition coefficient (Wildman–Crippen LogP) is 4.67. The minimum Gasteiger partial charge on any atom is -0.492 e. The normalized spacial score (nSPS) is 11.9. The second kappa shape index (κ2) is 14.7. The van der Waals surface area contributed by atoms with Gasteiger partial charge in [-0.2, -0.15) is 0 Å². The number of nitrogens with zero attached hydrogens (tertiary/aromatic N) is 2. The number of sulfonamides is 1. The predicted molar refractivity (Wildman–Crippen MR) is 159 cm³/mol. The minimum absolute atomic E-state index is 0.0234. The van der Waals surface area contributed by atoms with Crippen molar-refractivity contribution >= 4 is 39.1 Å². The third kappa shape index (κ3) is 8.47. The molecule has 0 bridgehead atoms. The molecule has 1 unspecified atom stereocenters. The number of anilines is 1. The molecule has 1 N–H and O–H groups in total. The number of amides is 2. The Bertz CT molecular complexity index is 1380. The molecule has 40 heavy (non-hydrogen) atoms. The molecule has 214 valence electrons. The van der Waals surface area contributed by atoms with E-state index in [1.54, 1.807) is 36.4 Å². The monoisotopic (exact) mass is 585 g/mol. The van der Waals surface area contributed by atoms with E-state index in [0.717, 1.165) is 11.8 Å². The maximum Gasteiger partial charge on any atom is 0.242 e. The molecule has 0 heterocycles. The maximum atomic E-state index is 13.8. The largest absolute Gasteiger partial charge is 0.492 e. The van der Waals surface area contributed by atoms with E-state index >= 15 is 0 Å².